The molecule has 0 spiro atoms. The van der Waals surface area contributed by atoms with Crippen LogP contribution in [-0.4, -0.2) is 25.3 Å². The summed E-state index contributed by atoms with van der Waals surface area (Å²) < 4.78 is 11.4. The van der Waals surface area contributed by atoms with Crippen LogP contribution in [0.4, 0.5) is 5.69 Å². The van der Waals surface area contributed by atoms with Gasteiger partial charge in [0.15, 0.2) is 0 Å². The number of thioether (sulfide) groups is 1. The minimum atomic E-state index is -0.461. The summed E-state index contributed by atoms with van der Waals surface area (Å²) in [4.78, 5) is 10.3. The van der Waals surface area contributed by atoms with Gasteiger partial charge in [0.05, 0.1) is 10.2 Å². The number of aromatic nitrogens is 4. The Morgan fingerprint density at radius 2 is 1.69 bits per heavy atom. The fraction of sp³-hybridized carbons (Fsp3) is 0.158. The lowest BCUT2D eigenvalue weighted by molar-refractivity contribution is -0.384. The fourth-order valence-electron chi connectivity index (χ4n) is 2.60. The molecule has 0 unspecified atom stereocenters. The molecule has 0 N–H and O–H groups in total. The van der Waals surface area contributed by atoms with Crippen molar-refractivity contribution in [1.82, 2.24) is 20.4 Å². The van der Waals surface area contributed by atoms with Crippen LogP contribution < -0.4 is 0 Å². The summed E-state index contributed by atoms with van der Waals surface area (Å²) in [5, 5.41) is 27.2. The van der Waals surface area contributed by atoms with Gasteiger partial charge in [0.1, 0.15) is 0 Å². The second-order valence-electron chi connectivity index (χ2n) is 6.25. The molecule has 0 radical (unpaired) electrons. The number of hydrogen-bond donors (Lipinski definition) is 0. The summed E-state index contributed by atoms with van der Waals surface area (Å²) in [6, 6.07) is 13.7. The Bertz CT molecular complexity index is 1160. The Hall–Kier alpha value is -3.53. The molecule has 0 aliphatic heterocycles. The summed E-state index contributed by atoms with van der Waals surface area (Å²) in [5.41, 5.74) is 2.56. The van der Waals surface area contributed by atoms with Crippen molar-refractivity contribution >= 4 is 17.4 Å². The van der Waals surface area contributed by atoms with Gasteiger partial charge in [-0.05, 0) is 38.1 Å². The van der Waals surface area contributed by atoms with E-state index in [1.165, 1.54) is 23.9 Å². The molecular weight excluding hydrogens is 394 g/mol. The third kappa shape index (κ3) is 4.16. The van der Waals surface area contributed by atoms with E-state index in [-0.39, 0.29) is 16.8 Å². The van der Waals surface area contributed by atoms with Gasteiger partial charge in [0.25, 0.3) is 10.9 Å². The van der Waals surface area contributed by atoms with Crippen molar-refractivity contribution in [3.05, 3.63) is 70.1 Å². The predicted molar refractivity (Wildman–Crippen MR) is 105 cm³/mol. The normalized spacial score (nSPS) is 12.1. The molecule has 0 amide bonds. The van der Waals surface area contributed by atoms with Crippen LogP contribution in [0.25, 0.3) is 22.9 Å². The molecule has 0 aliphatic rings. The molecule has 0 saturated carbocycles. The van der Waals surface area contributed by atoms with Gasteiger partial charge in [-0.25, -0.2) is 0 Å². The minimum absolute atomic E-state index is 0.00165. The third-order valence-electron chi connectivity index (χ3n) is 4.06. The summed E-state index contributed by atoms with van der Waals surface area (Å²) in [6.45, 7) is 3.88. The first-order chi connectivity index (χ1) is 14.0. The van der Waals surface area contributed by atoms with Crippen LogP contribution >= 0.6 is 11.8 Å². The maximum absolute atomic E-state index is 10.8. The highest BCUT2D eigenvalue weighted by atomic mass is 32.2. The lowest BCUT2D eigenvalue weighted by Crippen LogP contribution is -1.88. The Morgan fingerprint density at radius 3 is 2.41 bits per heavy atom. The van der Waals surface area contributed by atoms with Gasteiger partial charge in [0, 0.05) is 23.3 Å². The first-order valence-corrected chi connectivity index (χ1v) is 9.53. The number of aryl methyl sites for hydroxylation is 1. The van der Waals surface area contributed by atoms with Crippen LogP contribution in [0.2, 0.25) is 0 Å². The van der Waals surface area contributed by atoms with Crippen LogP contribution in [-0.2, 0) is 0 Å². The zero-order chi connectivity index (χ0) is 20.4. The molecule has 29 heavy (non-hydrogen) atoms. The maximum Gasteiger partial charge on any atom is 0.277 e. The first-order valence-electron chi connectivity index (χ1n) is 8.65. The molecule has 4 aromatic rings. The van der Waals surface area contributed by atoms with Crippen molar-refractivity contribution < 1.29 is 13.8 Å². The van der Waals surface area contributed by atoms with Crippen molar-refractivity contribution in [2.45, 2.75) is 24.3 Å². The Balaban J connectivity index is 1.47. The topological polar surface area (TPSA) is 121 Å². The number of nitro benzene ring substituents is 1. The number of non-ortho nitro benzene ring substituents is 1. The molecule has 0 aliphatic carbocycles. The largest absolute Gasteiger partial charge is 0.419 e. The fourth-order valence-corrected chi connectivity index (χ4v) is 3.31. The van der Waals surface area contributed by atoms with E-state index in [1.54, 1.807) is 12.1 Å². The highest BCUT2D eigenvalue weighted by Crippen LogP contribution is 2.35. The lowest BCUT2D eigenvalue weighted by atomic mass is 10.1. The molecule has 1 atom stereocenters. The molecule has 9 nitrogen and oxygen atoms in total. The summed E-state index contributed by atoms with van der Waals surface area (Å²) >= 11 is 1.31. The van der Waals surface area contributed by atoms with Gasteiger partial charge in [0.2, 0.25) is 17.7 Å². The van der Waals surface area contributed by atoms with Crippen molar-refractivity contribution in [2.75, 3.05) is 0 Å². The van der Waals surface area contributed by atoms with Crippen LogP contribution in [0.3, 0.4) is 0 Å². The predicted octanol–water partition coefficient (Wildman–Crippen LogP) is 4.86. The van der Waals surface area contributed by atoms with E-state index in [4.69, 9.17) is 8.83 Å². The minimum Gasteiger partial charge on any atom is -0.419 e. The van der Waals surface area contributed by atoms with Crippen LogP contribution in [0.5, 0.6) is 0 Å². The SMILES string of the molecule is Cc1cccc(-c2nnc(S[C@H](C)c3nnc(-c4ccc([N+](=O)[O-])cc4)o3)o2)c1. The molecule has 0 saturated heterocycles. The first kappa shape index (κ1) is 18.8. The van der Waals surface area contributed by atoms with E-state index in [0.29, 0.717) is 22.6 Å². The highest BCUT2D eigenvalue weighted by molar-refractivity contribution is 7.99. The number of rotatable bonds is 6. The summed E-state index contributed by atoms with van der Waals surface area (Å²) in [7, 11) is 0. The van der Waals surface area contributed by atoms with Gasteiger partial charge in [-0.3, -0.25) is 10.1 Å². The van der Waals surface area contributed by atoms with E-state index >= 15 is 0 Å². The van der Waals surface area contributed by atoms with Gasteiger partial charge in [-0.15, -0.1) is 20.4 Å². The van der Waals surface area contributed by atoms with Crippen LogP contribution in [0.1, 0.15) is 23.6 Å². The Kier molecular flexibility index (Phi) is 5.09. The molecule has 4 rings (SSSR count). The lowest BCUT2D eigenvalue weighted by Gasteiger charge is -2.02. The standard InChI is InChI=1S/C19H15N5O4S/c1-11-4-3-5-14(10-11)18-22-23-19(28-18)29-12(2)16-20-21-17(27-16)13-6-8-15(9-7-13)24(25)26/h3-10,12H,1-2H3/t12-/m1/s1. The van der Waals surface area contributed by atoms with E-state index in [2.05, 4.69) is 20.4 Å². The second-order valence-corrected chi connectivity index (χ2v) is 7.54. The number of benzene rings is 2. The van der Waals surface area contributed by atoms with Gasteiger partial charge in [-0.2, -0.15) is 0 Å². The average Bonchev–Trinajstić information content (AvgIpc) is 3.38. The number of nitro groups is 1. The Labute approximate surface area is 169 Å². The molecule has 0 fully saturated rings. The summed E-state index contributed by atoms with van der Waals surface area (Å²) in [5.74, 6) is 1.12. The smallest absolute Gasteiger partial charge is 0.277 e. The van der Waals surface area contributed by atoms with Gasteiger partial charge in [-0.1, -0.05) is 29.5 Å². The molecule has 0 bridgehead atoms. The number of hydrogen-bond acceptors (Lipinski definition) is 9. The molecular formula is C19H15N5O4S. The van der Waals surface area contributed by atoms with Crippen molar-refractivity contribution in [1.29, 1.82) is 0 Å². The molecule has 2 aromatic carbocycles. The van der Waals surface area contributed by atoms with Crippen LogP contribution in [0.15, 0.2) is 62.6 Å². The van der Waals surface area contributed by atoms with E-state index < -0.39 is 4.92 Å². The average molecular weight is 409 g/mol. The number of nitrogens with zero attached hydrogens (tertiary/aromatic N) is 5. The van der Waals surface area contributed by atoms with E-state index in [0.717, 1.165) is 11.1 Å². The van der Waals surface area contributed by atoms with Crippen molar-refractivity contribution in [3.63, 3.8) is 0 Å². The third-order valence-corrected chi connectivity index (χ3v) is 4.98. The quantitative estimate of drug-likeness (QED) is 0.250. The molecule has 10 heteroatoms. The van der Waals surface area contributed by atoms with Crippen LogP contribution in [0, 0.1) is 17.0 Å². The molecule has 146 valence electrons. The van der Waals surface area contributed by atoms with E-state index in [9.17, 15) is 10.1 Å². The van der Waals surface area contributed by atoms with Gasteiger partial charge < -0.3 is 8.83 Å². The highest BCUT2D eigenvalue weighted by Gasteiger charge is 2.20. The molecule has 2 aromatic heterocycles. The maximum atomic E-state index is 10.8. The van der Waals surface area contributed by atoms with Crippen molar-refractivity contribution in [3.8, 4) is 22.9 Å². The Morgan fingerprint density at radius 1 is 0.966 bits per heavy atom. The zero-order valence-corrected chi connectivity index (χ0v) is 16.3. The summed E-state index contributed by atoms with van der Waals surface area (Å²) in [6.07, 6.45) is 0. The second kappa shape index (κ2) is 7.84. The monoisotopic (exact) mass is 409 g/mol. The van der Waals surface area contributed by atoms with Crippen molar-refractivity contribution in [2.24, 2.45) is 0 Å². The molecule has 2 heterocycles. The zero-order valence-electron chi connectivity index (χ0n) is 15.5. The van der Waals surface area contributed by atoms with E-state index in [1.807, 2.05) is 38.1 Å². The van der Waals surface area contributed by atoms with Gasteiger partial charge >= 0.3 is 0 Å².